The maximum atomic E-state index is 12.2. The van der Waals surface area contributed by atoms with Crippen molar-refractivity contribution in [2.75, 3.05) is 13.7 Å². The molecule has 2 unspecified atom stereocenters. The van der Waals surface area contributed by atoms with E-state index in [1.807, 2.05) is 6.92 Å². The molecular formula is C13H18O4. The van der Waals surface area contributed by atoms with E-state index in [2.05, 4.69) is 0 Å². The standard InChI is InChI=1S/C13H18O4/c1-3-11-10(6-7-16-11)13(14)12-5-4-9(17-12)8-15-2/h4-5,10-11H,3,6-8H2,1-2H3. The monoisotopic (exact) mass is 238 g/mol. The van der Waals surface area contributed by atoms with Crippen molar-refractivity contribution in [3.8, 4) is 0 Å². The lowest BCUT2D eigenvalue weighted by Crippen LogP contribution is -2.23. The minimum Gasteiger partial charge on any atom is -0.456 e. The van der Waals surface area contributed by atoms with Crippen LogP contribution in [0, 0.1) is 5.92 Å². The number of rotatable bonds is 5. The zero-order chi connectivity index (χ0) is 12.3. The van der Waals surface area contributed by atoms with Gasteiger partial charge in [0.2, 0.25) is 5.78 Å². The second-order valence-electron chi connectivity index (χ2n) is 4.28. The molecule has 0 N–H and O–H groups in total. The summed E-state index contributed by atoms with van der Waals surface area (Å²) in [6.07, 6.45) is 1.69. The summed E-state index contributed by atoms with van der Waals surface area (Å²) in [7, 11) is 1.60. The van der Waals surface area contributed by atoms with Crippen molar-refractivity contribution < 1.29 is 18.7 Å². The number of carbonyl (C=O) groups is 1. The molecule has 0 bridgehead atoms. The second kappa shape index (κ2) is 5.47. The highest BCUT2D eigenvalue weighted by Crippen LogP contribution is 2.27. The molecule has 1 aliphatic rings. The summed E-state index contributed by atoms with van der Waals surface area (Å²) in [6.45, 7) is 3.10. The van der Waals surface area contributed by atoms with Gasteiger partial charge in [0.05, 0.1) is 12.0 Å². The molecule has 0 spiro atoms. The molecule has 1 aromatic heterocycles. The molecule has 0 aliphatic carbocycles. The van der Waals surface area contributed by atoms with Crippen LogP contribution in [0.25, 0.3) is 0 Å². The normalized spacial score (nSPS) is 24.1. The van der Waals surface area contributed by atoms with Crippen LogP contribution in [0.1, 0.15) is 36.1 Å². The number of hydrogen-bond acceptors (Lipinski definition) is 4. The lowest BCUT2D eigenvalue weighted by Gasteiger charge is -2.13. The number of ketones is 1. The fraction of sp³-hybridized carbons (Fsp3) is 0.615. The first-order valence-corrected chi connectivity index (χ1v) is 5.99. The SMILES string of the molecule is CCC1OCCC1C(=O)c1ccc(COC)o1. The third-order valence-electron chi connectivity index (χ3n) is 3.14. The van der Waals surface area contributed by atoms with Crippen LogP contribution in [-0.4, -0.2) is 25.6 Å². The molecule has 17 heavy (non-hydrogen) atoms. The van der Waals surface area contributed by atoms with E-state index >= 15 is 0 Å². The molecule has 2 rings (SSSR count). The van der Waals surface area contributed by atoms with Gasteiger partial charge in [-0.3, -0.25) is 4.79 Å². The average Bonchev–Trinajstić information content (AvgIpc) is 2.96. The van der Waals surface area contributed by atoms with E-state index in [0.717, 1.165) is 12.8 Å². The van der Waals surface area contributed by atoms with E-state index in [-0.39, 0.29) is 17.8 Å². The Morgan fingerprint density at radius 1 is 1.53 bits per heavy atom. The predicted octanol–water partition coefficient (Wildman–Crippen LogP) is 2.42. The first-order valence-electron chi connectivity index (χ1n) is 5.99. The van der Waals surface area contributed by atoms with E-state index in [0.29, 0.717) is 24.7 Å². The Morgan fingerprint density at radius 2 is 2.35 bits per heavy atom. The number of hydrogen-bond donors (Lipinski definition) is 0. The van der Waals surface area contributed by atoms with Gasteiger partial charge in [-0.05, 0) is 25.0 Å². The summed E-state index contributed by atoms with van der Waals surface area (Å²) in [6, 6.07) is 3.51. The average molecular weight is 238 g/mol. The minimum absolute atomic E-state index is 0.0403. The third-order valence-corrected chi connectivity index (χ3v) is 3.14. The molecule has 1 aliphatic heterocycles. The van der Waals surface area contributed by atoms with Crippen LogP contribution in [0.4, 0.5) is 0 Å². The van der Waals surface area contributed by atoms with Crippen LogP contribution >= 0.6 is 0 Å². The van der Waals surface area contributed by atoms with Gasteiger partial charge in [-0.25, -0.2) is 0 Å². The fourth-order valence-electron chi connectivity index (χ4n) is 2.26. The molecule has 4 nitrogen and oxygen atoms in total. The molecule has 1 aromatic rings. The summed E-state index contributed by atoms with van der Waals surface area (Å²) in [5, 5.41) is 0. The van der Waals surface area contributed by atoms with Crippen LogP contribution in [0.15, 0.2) is 16.5 Å². The van der Waals surface area contributed by atoms with Crippen molar-refractivity contribution in [3.63, 3.8) is 0 Å². The topological polar surface area (TPSA) is 48.7 Å². The maximum absolute atomic E-state index is 12.2. The lowest BCUT2D eigenvalue weighted by molar-refractivity contribution is 0.0664. The summed E-state index contributed by atoms with van der Waals surface area (Å²) >= 11 is 0. The summed E-state index contributed by atoms with van der Waals surface area (Å²) < 4.78 is 15.9. The van der Waals surface area contributed by atoms with E-state index in [9.17, 15) is 4.79 Å². The Bertz CT molecular complexity index is 383. The molecule has 1 fully saturated rings. The molecule has 0 saturated carbocycles. The van der Waals surface area contributed by atoms with Gasteiger partial charge in [0.25, 0.3) is 0 Å². The largest absolute Gasteiger partial charge is 0.456 e. The number of methoxy groups -OCH3 is 1. The number of carbonyl (C=O) groups excluding carboxylic acids is 1. The highest BCUT2D eigenvalue weighted by Gasteiger charge is 2.34. The number of ether oxygens (including phenoxy) is 2. The summed E-state index contributed by atoms with van der Waals surface area (Å²) in [4.78, 5) is 12.2. The van der Waals surface area contributed by atoms with Crippen molar-refractivity contribution in [2.24, 2.45) is 5.92 Å². The van der Waals surface area contributed by atoms with E-state index in [1.165, 1.54) is 0 Å². The number of furan rings is 1. The Hall–Kier alpha value is -1.13. The molecule has 4 heteroatoms. The Balaban J connectivity index is 2.07. The second-order valence-corrected chi connectivity index (χ2v) is 4.28. The molecule has 2 heterocycles. The van der Waals surface area contributed by atoms with Gasteiger partial charge in [0.15, 0.2) is 5.76 Å². The lowest BCUT2D eigenvalue weighted by atomic mass is 9.93. The van der Waals surface area contributed by atoms with Crippen molar-refractivity contribution in [1.29, 1.82) is 0 Å². The highest BCUT2D eigenvalue weighted by atomic mass is 16.5. The minimum atomic E-state index is -0.0541. The zero-order valence-corrected chi connectivity index (χ0v) is 10.3. The van der Waals surface area contributed by atoms with Gasteiger partial charge in [0, 0.05) is 13.7 Å². The van der Waals surface area contributed by atoms with Gasteiger partial charge in [-0.2, -0.15) is 0 Å². The Labute approximate surface area is 101 Å². The molecule has 0 aromatic carbocycles. The first kappa shape index (κ1) is 12.3. The Kier molecular flexibility index (Phi) is 3.97. The van der Waals surface area contributed by atoms with E-state index in [4.69, 9.17) is 13.9 Å². The van der Waals surface area contributed by atoms with Gasteiger partial charge < -0.3 is 13.9 Å². The predicted molar refractivity (Wildman–Crippen MR) is 61.9 cm³/mol. The third kappa shape index (κ3) is 2.58. The van der Waals surface area contributed by atoms with E-state index < -0.39 is 0 Å². The molecule has 2 atom stereocenters. The maximum Gasteiger partial charge on any atom is 0.203 e. The van der Waals surface area contributed by atoms with E-state index in [1.54, 1.807) is 19.2 Å². The zero-order valence-electron chi connectivity index (χ0n) is 10.3. The Morgan fingerprint density at radius 3 is 3.06 bits per heavy atom. The highest BCUT2D eigenvalue weighted by molar-refractivity contribution is 5.95. The van der Waals surface area contributed by atoms with Gasteiger partial charge in [0.1, 0.15) is 12.4 Å². The van der Waals surface area contributed by atoms with Crippen molar-refractivity contribution in [2.45, 2.75) is 32.5 Å². The van der Waals surface area contributed by atoms with Crippen molar-refractivity contribution in [3.05, 3.63) is 23.7 Å². The van der Waals surface area contributed by atoms with Crippen LogP contribution < -0.4 is 0 Å². The van der Waals surface area contributed by atoms with Crippen LogP contribution in [0.2, 0.25) is 0 Å². The molecule has 94 valence electrons. The first-order chi connectivity index (χ1) is 8.26. The molecule has 0 amide bonds. The fourth-order valence-corrected chi connectivity index (χ4v) is 2.26. The van der Waals surface area contributed by atoms with Gasteiger partial charge in [-0.1, -0.05) is 6.92 Å². The molecule has 1 saturated heterocycles. The number of Topliss-reactive ketones (excluding diaryl/α,β-unsaturated/α-hetero) is 1. The quantitative estimate of drug-likeness (QED) is 0.739. The van der Waals surface area contributed by atoms with Crippen molar-refractivity contribution >= 4 is 5.78 Å². The summed E-state index contributed by atoms with van der Waals surface area (Å²) in [5.41, 5.74) is 0. The smallest absolute Gasteiger partial charge is 0.203 e. The van der Waals surface area contributed by atoms with Crippen molar-refractivity contribution in [1.82, 2.24) is 0 Å². The van der Waals surface area contributed by atoms with Gasteiger partial charge in [-0.15, -0.1) is 0 Å². The van der Waals surface area contributed by atoms with Gasteiger partial charge >= 0.3 is 0 Å². The molecular weight excluding hydrogens is 220 g/mol. The van der Waals surface area contributed by atoms with Crippen LogP contribution in [0.3, 0.4) is 0 Å². The van der Waals surface area contributed by atoms with Crippen LogP contribution in [0.5, 0.6) is 0 Å². The molecule has 0 radical (unpaired) electrons. The summed E-state index contributed by atoms with van der Waals surface area (Å²) in [5.74, 6) is 1.10. The van der Waals surface area contributed by atoms with Crippen LogP contribution in [-0.2, 0) is 16.1 Å².